The molecule has 0 N–H and O–H groups in total. The number of hydrogen-bond donors (Lipinski definition) is 0. The highest BCUT2D eigenvalue weighted by Crippen LogP contribution is 2.36. The van der Waals surface area contributed by atoms with Crippen molar-refractivity contribution >= 4 is 6.29 Å². The lowest BCUT2D eigenvalue weighted by atomic mass is 9.73. The summed E-state index contributed by atoms with van der Waals surface area (Å²) in [4.78, 5) is 10.9. The predicted molar refractivity (Wildman–Crippen MR) is 90.3 cm³/mol. The Balaban J connectivity index is 1.47. The predicted octanol–water partition coefficient (Wildman–Crippen LogP) is 6.16. The third-order valence-corrected chi connectivity index (χ3v) is 6.24. The van der Waals surface area contributed by atoms with Gasteiger partial charge in [0, 0.05) is 5.92 Å². The summed E-state index contributed by atoms with van der Waals surface area (Å²) in [5.74, 6) is 3.11. The summed E-state index contributed by atoms with van der Waals surface area (Å²) >= 11 is 0. The first-order valence-electron chi connectivity index (χ1n) is 9.75. The van der Waals surface area contributed by atoms with E-state index < -0.39 is 0 Å². The lowest BCUT2D eigenvalue weighted by Gasteiger charge is -2.32. The van der Waals surface area contributed by atoms with Crippen LogP contribution in [0.5, 0.6) is 0 Å². The van der Waals surface area contributed by atoms with E-state index in [9.17, 15) is 4.79 Å². The first kappa shape index (κ1) is 17.0. The van der Waals surface area contributed by atoms with Crippen molar-refractivity contribution < 1.29 is 4.79 Å². The summed E-state index contributed by atoms with van der Waals surface area (Å²) in [7, 11) is 0. The molecule has 0 aliphatic heterocycles. The molecule has 0 spiro atoms. The minimum absolute atomic E-state index is 0.367. The molecular formula is C20H36O. The van der Waals surface area contributed by atoms with E-state index in [1.165, 1.54) is 83.3 Å². The van der Waals surface area contributed by atoms with Crippen molar-refractivity contribution in [1.29, 1.82) is 0 Å². The van der Waals surface area contributed by atoms with Crippen LogP contribution in [0.4, 0.5) is 0 Å². The second-order valence-electron chi connectivity index (χ2n) is 7.94. The van der Waals surface area contributed by atoms with E-state index in [0.717, 1.165) is 30.6 Å². The summed E-state index contributed by atoms with van der Waals surface area (Å²) in [6.45, 7) is 2.36. The van der Waals surface area contributed by atoms with Crippen molar-refractivity contribution in [3.63, 3.8) is 0 Å². The molecule has 0 aromatic rings. The molecule has 2 rings (SSSR count). The smallest absolute Gasteiger partial charge is 0.123 e. The Kier molecular flexibility index (Phi) is 7.82. The molecular weight excluding hydrogens is 256 g/mol. The third-order valence-electron chi connectivity index (χ3n) is 6.24. The Labute approximate surface area is 132 Å². The van der Waals surface area contributed by atoms with Gasteiger partial charge in [0.1, 0.15) is 6.29 Å². The fourth-order valence-electron chi connectivity index (χ4n) is 4.72. The van der Waals surface area contributed by atoms with Gasteiger partial charge >= 0.3 is 0 Å². The lowest BCUT2D eigenvalue weighted by molar-refractivity contribution is -0.112. The van der Waals surface area contributed by atoms with Gasteiger partial charge in [-0.2, -0.15) is 0 Å². The molecule has 2 aliphatic rings. The zero-order chi connectivity index (χ0) is 14.9. The minimum atomic E-state index is 0.367. The van der Waals surface area contributed by atoms with Crippen LogP contribution in [0.3, 0.4) is 0 Å². The summed E-state index contributed by atoms with van der Waals surface area (Å²) in [5, 5.41) is 0. The molecule has 2 saturated carbocycles. The van der Waals surface area contributed by atoms with E-state index in [-0.39, 0.29) is 0 Å². The quantitative estimate of drug-likeness (QED) is 0.387. The van der Waals surface area contributed by atoms with Crippen molar-refractivity contribution in [3.05, 3.63) is 0 Å². The third kappa shape index (κ3) is 6.12. The molecule has 1 heteroatoms. The summed E-state index contributed by atoms with van der Waals surface area (Å²) in [6, 6.07) is 0. The zero-order valence-corrected chi connectivity index (χ0v) is 14.2. The van der Waals surface area contributed by atoms with Gasteiger partial charge in [0.25, 0.3) is 0 Å². The van der Waals surface area contributed by atoms with E-state index in [4.69, 9.17) is 0 Å². The number of unbranched alkanes of at least 4 members (excludes halogenated alkanes) is 3. The Morgan fingerprint density at radius 2 is 1.57 bits per heavy atom. The first-order valence-corrected chi connectivity index (χ1v) is 9.75. The molecule has 3 atom stereocenters. The SMILES string of the molecule is CC1CC(C=O)CCC1CCCCCCC1CCCCC1. The number of carbonyl (C=O) groups excluding carboxylic acids is 1. The van der Waals surface area contributed by atoms with Crippen LogP contribution in [0.25, 0.3) is 0 Å². The highest BCUT2D eigenvalue weighted by molar-refractivity contribution is 5.53. The Hall–Kier alpha value is -0.330. The second kappa shape index (κ2) is 9.64. The van der Waals surface area contributed by atoms with Crippen LogP contribution >= 0.6 is 0 Å². The van der Waals surface area contributed by atoms with Gasteiger partial charge in [-0.1, -0.05) is 77.6 Å². The molecule has 1 nitrogen and oxygen atoms in total. The molecule has 2 aliphatic carbocycles. The van der Waals surface area contributed by atoms with E-state index in [1.807, 2.05) is 0 Å². The van der Waals surface area contributed by atoms with Crippen LogP contribution in [-0.2, 0) is 4.79 Å². The second-order valence-corrected chi connectivity index (χ2v) is 7.94. The average molecular weight is 293 g/mol. The van der Waals surface area contributed by atoms with Crippen LogP contribution in [-0.4, -0.2) is 6.29 Å². The summed E-state index contributed by atoms with van der Waals surface area (Å²) in [5.41, 5.74) is 0. The summed E-state index contributed by atoms with van der Waals surface area (Å²) in [6.07, 6.45) is 21.0. The van der Waals surface area contributed by atoms with E-state index in [2.05, 4.69) is 6.92 Å². The van der Waals surface area contributed by atoms with Crippen molar-refractivity contribution in [1.82, 2.24) is 0 Å². The lowest BCUT2D eigenvalue weighted by Crippen LogP contribution is -2.23. The Morgan fingerprint density at radius 1 is 0.857 bits per heavy atom. The van der Waals surface area contributed by atoms with Gasteiger partial charge in [-0.25, -0.2) is 0 Å². The molecule has 0 aromatic carbocycles. The highest BCUT2D eigenvalue weighted by Gasteiger charge is 2.26. The van der Waals surface area contributed by atoms with Gasteiger partial charge in [0.2, 0.25) is 0 Å². The molecule has 0 radical (unpaired) electrons. The van der Waals surface area contributed by atoms with Crippen LogP contribution in [0, 0.1) is 23.7 Å². The van der Waals surface area contributed by atoms with Crippen molar-refractivity contribution in [2.75, 3.05) is 0 Å². The van der Waals surface area contributed by atoms with E-state index in [1.54, 1.807) is 0 Å². The van der Waals surface area contributed by atoms with Gasteiger partial charge in [0.15, 0.2) is 0 Å². The number of carbonyl (C=O) groups is 1. The molecule has 0 bridgehead atoms. The van der Waals surface area contributed by atoms with Crippen molar-refractivity contribution in [2.45, 2.75) is 96.8 Å². The van der Waals surface area contributed by atoms with Crippen LogP contribution in [0.1, 0.15) is 96.8 Å². The number of aldehydes is 1. The highest BCUT2D eigenvalue weighted by atomic mass is 16.1. The zero-order valence-electron chi connectivity index (χ0n) is 14.2. The molecule has 0 aromatic heterocycles. The summed E-state index contributed by atoms with van der Waals surface area (Å²) < 4.78 is 0. The molecule has 0 amide bonds. The number of rotatable bonds is 8. The normalized spacial score (nSPS) is 31.2. The number of hydrogen-bond acceptors (Lipinski definition) is 1. The maximum atomic E-state index is 10.9. The fraction of sp³-hybridized carbons (Fsp3) is 0.950. The van der Waals surface area contributed by atoms with Crippen LogP contribution in [0.2, 0.25) is 0 Å². The molecule has 2 fully saturated rings. The average Bonchev–Trinajstić information content (AvgIpc) is 2.53. The van der Waals surface area contributed by atoms with Gasteiger partial charge in [-0.05, 0) is 37.0 Å². The van der Waals surface area contributed by atoms with Crippen LogP contribution in [0.15, 0.2) is 0 Å². The maximum absolute atomic E-state index is 10.9. The minimum Gasteiger partial charge on any atom is -0.303 e. The van der Waals surface area contributed by atoms with Gasteiger partial charge in [-0.3, -0.25) is 0 Å². The van der Waals surface area contributed by atoms with E-state index in [0.29, 0.717) is 5.92 Å². The largest absolute Gasteiger partial charge is 0.303 e. The molecule has 0 saturated heterocycles. The maximum Gasteiger partial charge on any atom is 0.123 e. The fourth-order valence-corrected chi connectivity index (χ4v) is 4.72. The van der Waals surface area contributed by atoms with Gasteiger partial charge < -0.3 is 4.79 Å². The van der Waals surface area contributed by atoms with Gasteiger partial charge in [-0.15, -0.1) is 0 Å². The van der Waals surface area contributed by atoms with Gasteiger partial charge in [0.05, 0.1) is 0 Å². The Morgan fingerprint density at radius 3 is 2.24 bits per heavy atom. The molecule has 0 heterocycles. The van der Waals surface area contributed by atoms with E-state index >= 15 is 0 Å². The standard InChI is InChI=1S/C20H36O/c1-17-15-19(16-21)13-14-20(17)12-8-3-2-5-9-18-10-6-4-7-11-18/h16-20H,2-15H2,1H3. The van der Waals surface area contributed by atoms with Crippen molar-refractivity contribution in [3.8, 4) is 0 Å². The van der Waals surface area contributed by atoms with Crippen LogP contribution < -0.4 is 0 Å². The van der Waals surface area contributed by atoms with Crippen molar-refractivity contribution in [2.24, 2.45) is 23.7 Å². The topological polar surface area (TPSA) is 17.1 Å². The first-order chi connectivity index (χ1) is 10.3. The monoisotopic (exact) mass is 292 g/mol. The molecule has 122 valence electrons. The molecule has 3 unspecified atom stereocenters. The Bertz CT molecular complexity index is 280. The molecule has 21 heavy (non-hydrogen) atoms.